The zero-order valence-corrected chi connectivity index (χ0v) is 15.2. The molecular weight excluding hydrogens is 375 g/mol. The maximum atomic E-state index is 13.4. The first-order valence-corrected chi connectivity index (χ1v) is 8.65. The van der Waals surface area contributed by atoms with Gasteiger partial charge < -0.3 is 10.6 Å². The SMILES string of the molecule is CCC(=O)Nc1ccc(C2=NCC(=S)Nc3c2cccc3C(F)(F)F)cc1. The van der Waals surface area contributed by atoms with Crippen LogP contribution >= 0.6 is 12.2 Å². The number of hydrogen-bond acceptors (Lipinski definition) is 3. The van der Waals surface area contributed by atoms with Crippen molar-refractivity contribution in [2.45, 2.75) is 19.5 Å². The van der Waals surface area contributed by atoms with Gasteiger partial charge in [-0.05, 0) is 18.2 Å². The van der Waals surface area contributed by atoms with Gasteiger partial charge in [-0.25, -0.2) is 0 Å². The molecule has 0 radical (unpaired) electrons. The van der Waals surface area contributed by atoms with E-state index in [0.717, 1.165) is 6.07 Å². The summed E-state index contributed by atoms with van der Waals surface area (Å²) >= 11 is 5.10. The fourth-order valence-corrected chi connectivity index (χ4v) is 2.91. The third-order valence-electron chi connectivity index (χ3n) is 4.03. The number of fused-ring (bicyclic) bond motifs is 1. The Bertz CT molecular complexity index is 921. The lowest BCUT2D eigenvalue weighted by Gasteiger charge is -2.17. The summed E-state index contributed by atoms with van der Waals surface area (Å²) in [5, 5.41) is 5.41. The van der Waals surface area contributed by atoms with E-state index in [2.05, 4.69) is 15.6 Å². The molecule has 0 unspecified atom stereocenters. The number of rotatable bonds is 3. The van der Waals surface area contributed by atoms with Gasteiger partial charge in [-0.15, -0.1) is 0 Å². The van der Waals surface area contributed by atoms with Crippen molar-refractivity contribution in [3.63, 3.8) is 0 Å². The first-order valence-electron chi connectivity index (χ1n) is 8.24. The number of carbonyl (C=O) groups excluding carboxylic acids is 1. The lowest BCUT2D eigenvalue weighted by Crippen LogP contribution is -2.17. The second-order valence-electron chi connectivity index (χ2n) is 5.92. The highest BCUT2D eigenvalue weighted by atomic mass is 32.1. The largest absolute Gasteiger partial charge is 0.418 e. The topological polar surface area (TPSA) is 53.5 Å². The van der Waals surface area contributed by atoms with Gasteiger partial charge in [-0.2, -0.15) is 13.2 Å². The molecule has 0 fully saturated rings. The fraction of sp³-hybridized carbons (Fsp3) is 0.211. The summed E-state index contributed by atoms with van der Waals surface area (Å²) in [6, 6.07) is 10.7. The third kappa shape index (κ3) is 4.16. The van der Waals surface area contributed by atoms with Gasteiger partial charge in [0.15, 0.2) is 0 Å². The van der Waals surface area contributed by atoms with Crippen molar-refractivity contribution < 1.29 is 18.0 Å². The average Bonchev–Trinajstić information content (AvgIpc) is 2.79. The van der Waals surface area contributed by atoms with Crippen LogP contribution < -0.4 is 10.6 Å². The van der Waals surface area contributed by atoms with Gasteiger partial charge in [0.1, 0.15) is 4.99 Å². The summed E-state index contributed by atoms with van der Waals surface area (Å²) in [5.41, 5.74) is 1.11. The Labute approximate surface area is 159 Å². The fourth-order valence-electron chi connectivity index (χ4n) is 2.74. The van der Waals surface area contributed by atoms with Crippen LogP contribution in [0.2, 0.25) is 0 Å². The molecule has 0 spiro atoms. The number of hydrogen-bond donors (Lipinski definition) is 2. The van der Waals surface area contributed by atoms with Crippen LogP contribution in [0.5, 0.6) is 0 Å². The van der Waals surface area contributed by atoms with Crippen LogP contribution in [0.3, 0.4) is 0 Å². The smallest absolute Gasteiger partial charge is 0.347 e. The van der Waals surface area contributed by atoms with Crippen LogP contribution in [0.4, 0.5) is 24.5 Å². The summed E-state index contributed by atoms with van der Waals surface area (Å²) in [7, 11) is 0. The molecule has 2 aromatic rings. The number of nitrogens with zero attached hydrogens (tertiary/aromatic N) is 1. The highest BCUT2D eigenvalue weighted by Gasteiger charge is 2.35. The van der Waals surface area contributed by atoms with E-state index < -0.39 is 11.7 Å². The van der Waals surface area contributed by atoms with Crippen molar-refractivity contribution >= 4 is 40.2 Å². The normalized spacial score (nSPS) is 13.9. The first-order chi connectivity index (χ1) is 12.8. The van der Waals surface area contributed by atoms with Crippen molar-refractivity contribution in [3.8, 4) is 0 Å². The number of aliphatic imine (C=N–C) groups is 1. The van der Waals surface area contributed by atoms with Gasteiger partial charge in [0.25, 0.3) is 0 Å². The average molecular weight is 391 g/mol. The highest BCUT2D eigenvalue weighted by molar-refractivity contribution is 7.80. The molecule has 2 N–H and O–H groups in total. The number of halogens is 3. The molecule has 0 saturated heterocycles. The number of thiocarbonyl (C=S) groups is 1. The molecule has 140 valence electrons. The Hall–Kier alpha value is -2.74. The molecule has 0 saturated carbocycles. The minimum absolute atomic E-state index is 0.0883. The van der Waals surface area contributed by atoms with Gasteiger partial charge in [0.2, 0.25) is 5.91 Å². The van der Waals surface area contributed by atoms with Crippen LogP contribution in [0.1, 0.15) is 30.0 Å². The van der Waals surface area contributed by atoms with E-state index in [1.54, 1.807) is 37.3 Å². The molecule has 0 aromatic heterocycles. The molecule has 27 heavy (non-hydrogen) atoms. The molecule has 0 aliphatic carbocycles. The maximum absolute atomic E-state index is 13.4. The Morgan fingerprint density at radius 1 is 1.22 bits per heavy atom. The minimum Gasteiger partial charge on any atom is -0.347 e. The second-order valence-corrected chi connectivity index (χ2v) is 6.41. The number of carbonyl (C=O) groups is 1. The molecular formula is C19H16F3N3OS. The predicted octanol–water partition coefficient (Wildman–Crippen LogP) is 4.64. The molecule has 1 amide bonds. The summed E-state index contributed by atoms with van der Waals surface area (Å²) in [4.78, 5) is 16.1. The van der Waals surface area contributed by atoms with E-state index in [1.807, 2.05) is 0 Å². The molecule has 1 aliphatic rings. The van der Waals surface area contributed by atoms with Crippen molar-refractivity contribution in [2.24, 2.45) is 4.99 Å². The molecule has 2 aromatic carbocycles. The maximum Gasteiger partial charge on any atom is 0.418 e. The lowest BCUT2D eigenvalue weighted by atomic mass is 9.97. The molecule has 0 bridgehead atoms. The Balaban J connectivity index is 2.05. The standard InChI is InChI=1S/C19H16F3N3OS/c1-2-15(26)24-12-8-6-11(7-9-12)17-13-4-3-5-14(19(20,21)22)18(13)25-16(27)10-23-17/h3-9H,2,10H2,1H3,(H,24,26)(H,25,27). The number of benzodiazepines with no additional fused rings is 1. The van der Waals surface area contributed by atoms with Crippen molar-refractivity contribution in [1.29, 1.82) is 0 Å². The Morgan fingerprint density at radius 3 is 2.56 bits per heavy atom. The van der Waals surface area contributed by atoms with Crippen molar-refractivity contribution in [2.75, 3.05) is 17.2 Å². The summed E-state index contributed by atoms with van der Waals surface area (Å²) in [6.45, 7) is 1.83. The van der Waals surface area contributed by atoms with Crippen LogP contribution in [-0.4, -0.2) is 23.2 Å². The summed E-state index contributed by atoms with van der Waals surface area (Å²) in [6.07, 6.45) is -4.16. The minimum atomic E-state index is -4.52. The van der Waals surface area contributed by atoms with Crippen LogP contribution in [-0.2, 0) is 11.0 Å². The van der Waals surface area contributed by atoms with Crippen LogP contribution in [0.15, 0.2) is 47.5 Å². The van der Waals surface area contributed by atoms with E-state index in [0.29, 0.717) is 28.9 Å². The van der Waals surface area contributed by atoms with Gasteiger partial charge in [-0.1, -0.05) is 43.4 Å². The Morgan fingerprint density at radius 2 is 1.93 bits per heavy atom. The number of alkyl halides is 3. The predicted molar refractivity (Wildman–Crippen MR) is 104 cm³/mol. The number of nitrogens with one attached hydrogen (secondary N) is 2. The second kappa shape index (κ2) is 7.48. The zero-order chi connectivity index (χ0) is 19.6. The van der Waals surface area contributed by atoms with E-state index in [4.69, 9.17) is 12.2 Å². The molecule has 8 heteroatoms. The summed E-state index contributed by atoms with van der Waals surface area (Å²) < 4.78 is 40.2. The van der Waals surface area contributed by atoms with Crippen LogP contribution in [0.25, 0.3) is 0 Å². The van der Waals surface area contributed by atoms with Gasteiger partial charge in [0.05, 0.1) is 23.5 Å². The van der Waals surface area contributed by atoms with Crippen LogP contribution in [0, 0.1) is 0 Å². The summed E-state index contributed by atoms with van der Waals surface area (Å²) in [5.74, 6) is -0.121. The molecule has 3 rings (SSSR count). The van der Waals surface area contributed by atoms with Gasteiger partial charge in [0, 0.05) is 23.2 Å². The number of para-hydroxylation sites is 1. The van der Waals surface area contributed by atoms with Crippen molar-refractivity contribution in [3.05, 3.63) is 59.2 Å². The third-order valence-corrected chi connectivity index (χ3v) is 4.26. The molecule has 4 nitrogen and oxygen atoms in total. The van der Waals surface area contributed by atoms with E-state index >= 15 is 0 Å². The van der Waals surface area contributed by atoms with Gasteiger partial charge >= 0.3 is 6.18 Å². The quantitative estimate of drug-likeness (QED) is 0.750. The number of amides is 1. The Kier molecular flexibility index (Phi) is 5.27. The number of benzene rings is 2. The zero-order valence-electron chi connectivity index (χ0n) is 14.4. The monoisotopic (exact) mass is 391 g/mol. The highest BCUT2D eigenvalue weighted by Crippen LogP contribution is 2.38. The van der Waals surface area contributed by atoms with Gasteiger partial charge in [-0.3, -0.25) is 9.79 Å². The lowest BCUT2D eigenvalue weighted by molar-refractivity contribution is -0.136. The van der Waals surface area contributed by atoms with Crippen molar-refractivity contribution in [1.82, 2.24) is 0 Å². The number of anilines is 2. The first kappa shape index (κ1) is 19.0. The van der Waals surface area contributed by atoms with E-state index in [9.17, 15) is 18.0 Å². The molecule has 1 heterocycles. The van der Waals surface area contributed by atoms with E-state index in [-0.39, 0.29) is 23.1 Å². The molecule has 1 aliphatic heterocycles. The molecule has 0 atom stereocenters. The van der Waals surface area contributed by atoms with E-state index in [1.165, 1.54) is 6.07 Å².